The number of hydrogen-bond donors (Lipinski definition) is 2. The maximum absolute atomic E-state index is 11.6. The van der Waals surface area contributed by atoms with E-state index in [2.05, 4.69) is 20.8 Å². The number of hydrogen-bond acceptors (Lipinski definition) is 2. The summed E-state index contributed by atoms with van der Waals surface area (Å²) in [5.74, 6) is 2.08. The fourth-order valence-electron chi connectivity index (χ4n) is 5.14. The first-order chi connectivity index (χ1) is 9.49. The van der Waals surface area contributed by atoms with Crippen molar-refractivity contribution in [1.82, 2.24) is 0 Å². The van der Waals surface area contributed by atoms with Crippen molar-refractivity contribution in [3.05, 3.63) is 0 Å². The Morgan fingerprint density at radius 3 is 2.25 bits per heavy atom. The van der Waals surface area contributed by atoms with Crippen molar-refractivity contribution >= 4 is 0 Å². The van der Waals surface area contributed by atoms with E-state index in [4.69, 9.17) is 5.73 Å². The summed E-state index contributed by atoms with van der Waals surface area (Å²) in [5.41, 5.74) is 5.74. The lowest BCUT2D eigenvalue weighted by atomic mass is 9.53. The minimum Gasteiger partial charge on any atom is -0.389 e. The van der Waals surface area contributed by atoms with Crippen molar-refractivity contribution in [2.24, 2.45) is 28.9 Å². The van der Waals surface area contributed by atoms with E-state index in [0.717, 1.165) is 37.5 Å². The minimum atomic E-state index is -0.489. The van der Waals surface area contributed by atoms with Crippen molar-refractivity contribution < 1.29 is 5.11 Å². The van der Waals surface area contributed by atoms with Gasteiger partial charge in [0, 0.05) is 12.0 Å². The molecule has 2 heteroatoms. The minimum absolute atomic E-state index is 0.000509. The van der Waals surface area contributed by atoms with Crippen LogP contribution in [0.5, 0.6) is 0 Å². The summed E-state index contributed by atoms with van der Waals surface area (Å²) < 4.78 is 0. The summed E-state index contributed by atoms with van der Waals surface area (Å²) in [7, 11) is 0. The van der Waals surface area contributed by atoms with E-state index < -0.39 is 5.60 Å². The zero-order valence-corrected chi connectivity index (χ0v) is 13.8. The fourth-order valence-corrected chi connectivity index (χ4v) is 5.14. The molecule has 3 N–H and O–H groups in total. The summed E-state index contributed by atoms with van der Waals surface area (Å²) in [6, 6.07) is 0. The standard InChI is InChI=1S/C18H35NO/c1-4-16-7-5-6-10-18(16,20)17(13-19)11-8-15(9-12-17)14(2)3/h14-16,20H,4-13,19H2,1-3H3. The van der Waals surface area contributed by atoms with Gasteiger partial charge in [0.15, 0.2) is 0 Å². The van der Waals surface area contributed by atoms with Crippen LogP contribution in [-0.2, 0) is 0 Å². The van der Waals surface area contributed by atoms with E-state index in [1.807, 2.05) is 0 Å². The van der Waals surface area contributed by atoms with Crippen LogP contribution in [0.2, 0.25) is 0 Å². The third-order valence-corrected chi connectivity index (χ3v) is 6.77. The molecule has 0 heterocycles. The molecule has 118 valence electrons. The van der Waals surface area contributed by atoms with E-state index in [-0.39, 0.29) is 5.41 Å². The fraction of sp³-hybridized carbons (Fsp3) is 1.00. The normalized spacial score (nSPS) is 42.9. The van der Waals surface area contributed by atoms with Crippen LogP contribution in [0, 0.1) is 23.2 Å². The number of aliphatic hydroxyl groups is 1. The molecular formula is C18H35NO. The third-order valence-electron chi connectivity index (χ3n) is 6.77. The van der Waals surface area contributed by atoms with Crippen LogP contribution in [0.3, 0.4) is 0 Å². The van der Waals surface area contributed by atoms with E-state index in [1.54, 1.807) is 0 Å². The van der Waals surface area contributed by atoms with E-state index in [9.17, 15) is 5.11 Å². The van der Waals surface area contributed by atoms with Crippen LogP contribution < -0.4 is 5.73 Å². The van der Waals surface area contributed by atoms with Crippen molar-refractivity contribution in [1.29, 1.82) is 0 Å². The molecule has 2 unspecified atom stereocenters. The van der Waals surface area contributed by atoms with Gasteiger partial charge in [0.2, 0.25) is 0 Å². The van der Waals surface area contributed by atoms with Crippen molar-refractivity contribution in [3.63, 3.8) is 0 Å². The molecule has 0 aromatic carbocycles. The molecule has 2 fully saturated rings. The number of nitrogens with two attached hydrogens (primary N) is 1. The predicted molar refractivity (Wildman–Crippen MR) is 85.5 cm³/mol. The Morgan fingerprint density at radius 2 is 1.75 bits per heavy atom. The van der Waals surface area contributed by atoms with Crippen LogP contribution in [0.15, 0.2) is 0 Å². The zero-order valence-electron chi connectivity index (χ0n) is 13.8. The van der Waals surface area contributed by atoms with Gasteiger partial charge in [0.05, 0.1) is 5.60 Å². The molecule has 0 spiro atoms. The highest BCUT2D eigenvalue weighted by Gasteiger charge is 2.54. The molecule has 2 saturated carbocycles. The van der Waals surface area contributed by atoms with Crippen molar-refractivity contribution in [2.45, 2.75) is 84.2 Å². The zero-order chi connectivity index (χ0) is 14.8. The summed E-state index contributed by atoms with van der Waals surface area (Å²) >= 11 is 0. The second-order valence-electron chi connectivity index (χ2n) is 7.84. The maximum atomic E-state index is 11.6. The van der Waals surface area contributed by atoms with Gasteiger partial charge in [0.25, 0.3) is 0 Å². The molecule has 0 radical (unpaired) electrons. The second-order valence-corrected chi connectivity index (χ2v) is 7.84. The summed E-state index contributed by atoms with van der Waals surface area (Å²) in [6.07, 6.45) is 10.5. The molecular weight excluding hydrogens is 246 g/mol. The summed E-state index contributed by atoms with van der Waals surface area (Å²) in [4.78, 5) is 0. The Morgan fingerprint density at radius 1 is 1.10 bits per heavy atom. The van der Waals surface area contributed by atoms with Gasteiger partial charge < -0.3 is 10.8 Å². The summed E-state index contributed by atoms with van der Waals surface area (Å²) in [6.45, 7) is 7.59. The summed E-state index contributed by atoms with van der Waals surface area (Å²) in [5, 5.41) is 11.6. The van der Waals surface area contributed by atoms with Gasteiger partial charge in [-0.2, -0.15) is 0 Å². The molecule has 0 aliphatic heterocycles. The molecule has 0 aromatic heterocycles. The molecule has 2 aliphatic rings. The topological polar surface area (TPSA) is 46.2 Å². The van der Waals surface area contributed by atoms with E-state index in [0.29, 0.717) is 12.5 Å². The van der Waals surface area contributed by atoms with Crippen LogP contribution in [-0.4, -0.2) is 17.3 Å². The molecule has 2 aliphatic carbocycles. The Balaban J connectivity index is 2.18. The molecule has 20 heavy (non-hydrogen) atoms. The average molecular weight is 281 g/mol. The van der Waals surface area contributed by atoms with Gasteiger partial charge in [-0.15, -0.1) is 0 Å². The first-order valence-corrected chi connectivity index (χ1v) is 8.91. The van der Waals surface area contributed by atoms with Crippen LogP contribution in [0.25, 0.3) is 0 Å². The van der Waals surface area contributed by atoms with Gasteiger partial charge in [0.1, 0.15) is 0 Å². The second kappa shape index (κ2) is 6.36. The molecule has 2 nitrogen and oxygen atoms in total. The Hall–Kier alpha value is -0.0800. The van der Waals surface area contributed by atoms with Crippen LogP contribution in [0.4, 0.5) is 0 Å². The van der Waals surface area contributed by atoms with E-state index in [1.165, 1.54) is 32.1 Å². The average Bonchev–Trinajstić information content (AvgIpc) is 2.47. The highest BCUT2D eigenvalue weighted by atomic mass is 16.3. The molecule has 0 bridgehead atoms. The Kier molecular flexibility index (Phi) is 5.18. The third kappa shape index (κ3) is 2.66. The number of rotatable bonds is 4. The predicted octanol–water partition coefficient (Wildman–Crippen LogP) is 4.11. The highest BCUT2D eigenvalue weighted by molar-refractivity contribution is 5.06. The first-order valence-electron chi connectivity index (χ1n) is 8.91. The quantitative estimate of drug-likeness (QED) is 0.814. The molecule has 0 aromatic rings. The van der Waals surface area contributed by atoms with E-state index >= 15 is 0 Å². The lowest BCUT2D eigenvalue weighted by Gasteiger charge is -2.56. The van der Waals surface area contributed by atoms with Crippen molar-refractivity contribution in [3.8, 4) is 0 Å². The SMILES string of the molecule is CCC1CCCCC1(O)C1(CN)CCC(C(C)C)CC1. The Bertz CT molecular complexity index is 307. The molecule has 2 atom stereocenters. The lowest BCUT2D eigenvalue weighted by Crippen LogP contribution is -2.59. The molecule has 2 rings (SSSR count). The Labute approximate surface area is 125 Å². The van der Waals surface area contributed by atoms with Gasteiger partial charge in [-0.1, -0.05) is 40.0 Å². The van der Waals surface area contributed by atoms with Crippen molar-refractivity contribution in [2.75, 3.05) is 6.54 Å². The lowest BCUT2D eigenvalue weighted by molar-refractivity contribution is -0.163. The van der Waals surface area contributed by atoms with Crippen LogP contribution >= 0.6 is 0 Å². The van der Waals surface area contributed by atoms with Crippen LogP contribution in [0.1, 0.15) is 78.6 Å². The van der Waals surface area contributed by atoms with Gasteiger partial charge >= 0.3 is 0 Å². The smallest absolute Gasteiger partial charge is 0.0743 e. The van der Waals surface area contributed by atoms with Gasteiger partial charge in [-0.25, -0.2) is 0 Å². The van der Waals surface area contributed by atoms with Gasteiger partial charge in [-0.05, 0) is 56.3 Å². The molecule has 0 saturated heterocycles. The van der Waals surface area contributed by atoms with Gasteiger partial charge in [-0.3, -0.25) is 0 Å². The molecule has 0 amide bonds. The monoisotopic (exact) mass is 281 g/mol. The maximum Gasteiger partial charge on any atom is 0.0743 e. The highest BCUT2D eigenvalue weighted by Crippen LogP contribution is 2.55. The first kappa shape index (κ1) is 16.3. The largest absolute Gasteiger partial charge is 0.389 e.